The fourth-order valence-corrected chi connectivity index (χ4v) is 2.04. The molecule has 0 aliphatic carbocycles. The van der Waals surface area contributed by atoms with Crippen LogP contribution < -0.4 is 10.1 Å². The Morgan fingerprint density at radius 1 is 1.22 bits per heavy atom. The summed E-state index contributed by atoms with van der Waals surface area (Å²) in [6.07, 6.45) is -0.726. The normalized spacial score (nSPS) is 11.6. The number of rotatable bonds is 5. The lowest BCUT2D eigenvalue weighted by Crippen LogP contribution is -2.30. The lowest BCUT2D eigenvalue weighted by atomic mass is 10.1. The summed E-state index contributed by atoms with van der Waals surface area (Å²) in [5, 5.41) is 13.5. The number of nitro groups is 1. The molecule has 0 bridgehead atoms. The van der Waals surface area contributed by atoms with Gasteiger partial charge in [-0.2, -0.15) is 0 Å². The number of nitrogens with zero attached hydrogens (tertiary/aromatic N) is 1. The minimum atomic E-state index is -0.726. The van der Waals surface area contributed by atoms with Gasteiger partial charge in [0.25, 0.3) is 11.6 Å². The first kappa shape index (κ1) is 16.5. The molecule has 0 saturated heterocycles. The fourth-order valence-electron chi connectivity index (χ4n) is 2.04. The van der Waals surface area contributed by atoms with Crippen molar-refractivity contribution in [1.82, 2.24) is 0 Å². The van der Waals surface area contributed by atoms with Gasteiger partial charge < -0.3 is 10.1 Å². The SMILES string of the molecule is Cc1cccc(O[C@H](C)C(=O)Nc2cc([N+](=O)[O-])ccc2C)c1. The number of carbonyl (C=O) groups excluding carboxylic acids is 1. The largest absolute Gasteiger partial charge is 0.481 e. The maximum Gasteiger partial charge on any atom is 0.271 e. The summed E-state index contributed by atoms with van der Waals surface area (Å²) in [5.74, 6) is 0.235. The molecule has 0 spiro atoms. The van der Waals surface area contributed by atoms with Crippen LogP contribution in [0.15, 0.2) is 42.5 Å². The Balaban J connectivity index is 2.09. The van der Waals surface area contributed by atoms with E-state index >= 15 is 0 Å². The molecule has 1 N–H and O–H groups in total. The highest BCUT2D eigenvalue weighted by Gasteiger charge is 2.17. The van der Waals surface area contributed by atoms with Crippen LogP contribution in [0.25, 0.3) is 0 Å². The van der Waals surface area contributed by atoms with Crippen molar-refractivity contribution in [2.75, 3.05) is 5.32 Å². The number of hydrogen-bond acceptors (Lipinski definition) is 4. The third-order valence-electron chi connectivity index (χ3n) is 3.36. The number of non-ortho nitro benzene ring substituents is 1. The molecular formula is C17H18N2O4. The first-order chi connectivity index (χ1) is 10.9. The zero-order valence-electron chi connectivity index (χ0n) is 13.2. The van der Waals surface area contributed by atoms with Crippen LogP contribution in [0.1, 0.15) is 18.1 Å². The van der Waals surface area contributed by atoms with Gasteiger partial charge in [0.2, 0.25) is 0 Å². The third kappa shape index (κ3) is 4.29. The zero-order chi connectivity index (χ0) is 17.0. The van der Waals surface area contributed by atoms with E-state index in [2.05, 4.69) is 5.32 Å². The highest BCUT2D eigenvalue weighted by Crippen LogP contribution is 2.22. The molecule has 0 heterocycles. The number of anilines is 1. The highest BCUT2D eigenvalue weighted by atomic mass is 16.6. The number of amides is 1. The Morgan fingerprint density at radius 3 is 2.61 bits per heavy atom. The molecule has 23 heavy (non-hydrogen) atoms. The predicted octanol–water partition coefficient (Wildman–Crippen LogP) is 3.62. The van der Waals surface area contributed by atoms with Crippen LogP contribution in [-0.4, -0.2) is 16.9 Å². The van der Waals surface area contributed by atoms with E-state index in [4.69, 9.17) is 4.74 Å². The second-order valence-electron chi connectivity index (χ2n) is 5.32. The van der Waals surface area contributed by atoms with Crippen molar-refractivity contribution in [3.63, 3.8) is 0 Å². The number of nitrogens with one attached hydrogen (secondary N) is 1. The van der Waals surface area contributed by atoms with Gasteiger partial charge in [0.1, 0.15) is 5.75 Å². The van der Waals surface area contributed by atoms with Gasteiger partial charge in [-0.25, -0.2) is 0 Å². The molecule has 1 atom stereocenters. The molecule has 0 unspecified atom stereocenters. The summed E-state index contributed by atoms with van der Waals surface area (Å²) in [5.41, 5.74) is 2.11. The molecule has 0 saturated carbocycles. The fraction of sp³-hybridized carbons (Fsp3) is 0.235. The Hall–Kier alpha value is -2.89. The van der Waals surface area contributed by atoms with Crippen LogP contribution >= 0.6 is 0 Å². The maximum atomic E-state index is 12.2. The van der Waals surface area contributed by atoms with Crippen LogP contribution in [0, 0.1) is 24.0 Å². The molecule has 6 nitrogen and oxygen atoms in total. The monoisotopic (exact) mass is 314 g/mol. The van der Waals surface area contributed by atoms with E-state index in [-0.39, 0.29) is 11.6 Å². The molecule has 0 aliphatic rings. The van der Waals surface area contributed by atoms with Gasteiger partial charge in [0, 0.05) is 12.1 Å². The van der Waals surface area contributed by atoms with Gasteiger partial charge in [0.15, 0.2) is 6.10 Å². The molecule has 0 fully saturated rings. The number of carbonyl (C=O) groups is 1. The van der Waals surface area contributed by atoms with E-state index < -0.39 is 11.0 Å². The summed E-state index contributed by atoms with van der Waals surface area (Å²) in [6, 6.07) is 11.7. The predicted molar refractivity (Wildman–Crippen MR) is 87.7 cm³/mol. The lowest BCUT2D eigenvalue weighted by molar-refractivity contribution is -0.384. The topological polar surface area (TPSA) is 81.5 Å². The quantitative estimate of drug-likeness (QED) is 0.675. The minimum Gasteiger partial charge on any atom is -0.481 e. The first-order valence-corrected chi connectivity index (χ1v) is 7.16. The van der Waals surface area contributed by atoms with E-state index in [1.807, 2.05) is 25.1 Å². The summed E-state index contributed by atoms with van der Waals surface area (Å²) in [7, 11) is 0. The summed E-state index contributed by atoms with van der Waals surface area (Å²) in [4.78, 5) is 22.6. The van der Waals surface area contributed by atoms with Crippen molar-refractivity contribution in [3.8, 4) is 5.75 Å². The number of hydrogen-bond donors (Lipinski definition) is 1. The van der Waals surface area contributed by atoms with Gasteiger partial charge in [-0.05, 0) is 44.0 Å². The highest BCUT2D eigenvalue weighted by molar-refractivity contribution is 5.95. The average Bonchev–Trinajstić information content (AvgIpc) is 2.49. The summed E-state index contributed by atoms with van der Waals surface area (Å²) < 4.78 is 5.60. The molecule has 0 radical (unpaired) electrons. The Labute approximate surface area is 134 Å². The number of ether oxygens (including phenoxy) is 1. The summed E-state index contributed by atoms with van der Waals surface area (Å²) in [6.45, 7) is 5.33. The molecule has 0 aromatic heterocycles. The molecule has 2 rings (SSSR count). The number of nitro benzene ring substituents is 1. The zero-order valence-corrected chi connectivity index (χ0v) is 13.2. The van der Waals surface area contributed by atoms with Gasteiger partial charge in [-0.15, -0.1) is 0 Å². The number of aryl methyl sites for hydroxylation is 2. The number of benzene rings is 2. The standard InChI is InChI=1S/C17H18N2O4/c1-11-5-4-6-15(9-11)23-13(3)17(20)18-16-10-14(19(21)22)8-7-12(16)2/h4-10,13H,1-3H3,(H,18,20)/t13-/m1/s1. The second kappa shape index (κ2) is 6.91. The molecule has 6 heteroatoms. The Kier molecular flexibility index (Phi) is 4.95. The van der Waals surface area contributed by atoms with Crippen LogP contribution in [0.4, 0.5) is 11.4 Å². The smallest absolute Gasteiger partial charge is 0.271 e. The molecule has 0 aliphatic heterocycles. The molecule has 1 amide bonds. The average molecular weight is 314 g/mol. The van der Waals surface area contributed by atoms with Crippen molar-refractivity contribution in [2.24, 2.45) is 0 Å². The van der Waals surface area contributed by atoms with E-state index in [1.54, 1.807) is 26.0 Å². The minimum absolute atomic E-state index is 0.0712. The molecule has 2 aromatic carbocycles. The maximum absolute atomic E-state index is 12.2. The Bertz CT molecular complexity index is 743. The van der Waals surface area contributed by atoms with Crippen LogP contribution in [0.5, 0.6) is 5.75 Å². The molecular weight excluding hydrogens is 296 g/mol. The van der Waals surface area contributed by atoms with Crippen LogP contribution in [0.2, 0.25) is 0 Å². The third-order valence-corrected chi connectivity index (χ3v) is 3.36. The van der Waals surface area contributed by atoms with Crippen molar-refractivity contribution in [2.45, 2.75) is 26.9 Å². The van der Waals surface area contributed by atoms with Gasteiger partial charge in [0.05, 0.1) is 10.6 Å². The van der Waals surface area contributed by atoms with Crippen LogP contribution in [0.3, 0.4) is 0 Å². The van der Waals surface area contributed by atoms with Crippen LogP contribution in [-0.2, 0) is 4.79 Å². The van der Waals surface area contributed by atoms with E-state index in [1.165, 1.54) is 12.1 Å². The Morgan fingerprint density at radius 2 is 1.96 bits per heavy atom. The van der Waals surface area contributed by atoms with E-state index in [0.717, 1.165) is 11.1 Å². The second-order valence-corrected chi connectivity index (χ2v) is 5.32. The van der Waals surface area contributed by atoms with Gasteiger partial charge in [-0.1, -0.05) is 18.2 Å². The van der Waals surface area contributed by atoms with Crippen molar-refractivity contribution in [3.05, 3.63) is 63.7 Å². The van der Waals surface area contributed by atoms with E-state index in [9.17, 15) is 14.9 Å². The van der Waals surface area contributed by atoms with Crippen molar-refractivity contribution < 1.29 is 14.5 Å². The lowest BCUT2D eigenvalue weighted by Gasteiger charge is -2.16. The molecule has 120 valence electrons. The first-order valence-electron chi connectivity index (χ1n) is 7.16. The summed E-state index contributed by atoms with van der Waals surface area (Å²) >= 11 is 0. The van der Waals surface area contributed by atoms with Gasteiger partial charge >= 0.3 is 0 Å². The van der Waals surface area contributed by atoms with Gasteiger partial charge in [-0.3, -0.25) is 14.9 Å². The van der Waals surface area contributed by atoms with Crippen molar-refractivity contribution >= 4 is 17.3 Å². The van der Waals surface area contributed by atoms with E-state index in [0.29, 0.717) is 11.4 Å². The molecule has 2 aromatic rings. The van der Waals surface area contributed by atoms with Crippen molar-refractivity contribution in [1.29, 1.82) is 0 Å².